The van der Waals surface area contributed by atoms with Gasteiger partial charge >= 0.3 is 5.97 Å². The summed E-state index contributed by atoms with van der Waals surface area (Å²) in [6.45, 7) is -0.560. The van der Waals surface area contributed by atoms with Gasteiger partial charge in [-0.2, -0.15) is 0 Å². The predicted octanol–water partition coefficient (Wildman–Crippen LogP) is 4.14. The number of ether oxygens (including phenoxy) is 1. The number of ketones is 1. The fourth-order valence-electron chi connectivity index (χ4n) is 2.20. The average Bonchev–Trinajstić information content (AvgIpc) is 2.61. The van der Waals surface area contributed by atoms with Crippen molar-refractivity contribution in [3.05, 3.63) is 80.1 Å². The molecule has 126 valence electrons. The highest BCUT2D eigenvalue weighted by Crippen LogP contribution is 2.21. The molecule has 25 heavy (non-hydrogen) atoms. The Bertz CT molecular complexity index is 1040. The van der Waals surface area contributed by atoms with E-state index in [4.69, 9.17) is 32.4 Å². The first-order valence-electron chi connectivity index (χ1n) is 7.14. The Balaban J connectivity index is 1.78. The highest BCUT2D eigenvalue weighted by Gasteiger charge is 2.17. The number of para-hydroxylation sites is 1. The van der Waals surface area contributed by atoms with Crippen molar-refractivity contribution in [2.75, 3.05) is 6.61 Å². The summed E-state index contributed by atoms with van der Waals surface area (Å²) in [6.07, 6.45) is 0. The van der Waals surface area contributed by atoms with Crippen molar-refractivity contribution < 1.29 is 18.7 Å². The quantitative estimate of drug-likeness (QED) is 0.505. The zero-order valence-electron chi connectivity index (χ0n) is 12.6. The van der Waals surface area contributed by atoms with E-state index in [9.17, 15) is 14.4 Å². The molecule has 0 fully saturated rings. The molecule has 0 aliphatic rings. The number of carbonyl (C=O) groups excluding carboxylic acids is 2. The van der Waals surface area contributed by atoms with E-state index in [1.165, 1.54) is 18.2 Å². The van der Waals surface area contributed by atoms with E-state index < -0.39 is 18.4 Å². The Kier molecular flexibility index (Phi) is 4.88. The minimum atomic E-state index is -0.922. The van der Waals surface area contributed by atoms with Crippen molar-refractivity contribution in [3.8, 4) is 0 Å². The van der Waals surface area contributed by atoms with E-state index in [0.717, 1.165) is 6.07 Å². The second-order valence-electron chi connectivity index (χ2n) is 5.09. The molecule has 1 heterocycles. The van der Waals surface area contributed by atoms with Gasteiger partial charge in [0.1, 0.15) is 5.58 Å². The highest BCUT2D eigenvalue weighted by molar-refractivity contribution is 6.36. The Morgan fingerprint density at radius 1 is 1.04 bits per heavy atom. The fraction of sp³-hybridized carbons (Fsp3) is 0.0556. The second kappa shape index (κ2) is 7.09. The number of fused-ring (bicyclic) bond motifs is 1. The molecule has 2 aromatic carbocycles. The molecule has 0 saturated heterocycles. The van der Waals surface area contributed by atoms with Crippen LogP contribution >= 0.6 is 23.2 Å². The second-order valence-corrected chi connectivity index (χ2v) is 5.94. The summed E-state index contributed by atoms with van der Waals surface area (Å²) in [4.78, 5) is 36.2. The zero-order chi connectivity index (χ0) is 18.0. The smallest absolute Gasteiger partial charge is 0.374 e. The van der Waals surface area contributed by atoms with E-state index in [0.29, 0.717) is 10.4 Å². The van der Waals surface area contributed by atoms with Crippen molar-refractivity contribution in [2.45, 2.75) is 0 Å². The molecule has 0 aliphatic carbocycles. The maximum Gasteiger partial charge on any atom is 0.374 e. The molecule has 3 rings (SSSR count). The monoisotopic (exact) mass is 376 g/mol. The van der Waals surface area contributed by atoms with Gasteiger partial charge in [-0.05, 0) is 30.3 Å². The van der Waals surface area contributed by atoms with Crippen LogP contribution in [0, 0.1) is 0 Å². The van der Waals surface area contributed by atoms with Crippen LogP contribution in [0.1, 0.15) is 20.9 Å². The SMILES string of the molecule is O=C(OCC(=O)c1cc(Cl)ccc1Cl)c1cc(=O)c2ccccc2o1. The molecule has 0 saturated carbocycles. The fourth-order valence-corrected chi connectivity index (χ4v) is 2.59. The number of carbonyl (C=O) groups is 2. The summed E-state index contributed by atoms with van der Waals surface area (Å²) in [7, 11) is 0. The lowest BCUT2D eigenvalue weighted by atomic mass is 10.1. The number of hydrogen-bond donors (Lipinski definition) is 0. The number of benzene rings is 2. The lowest BCUT2D eigenvalue weighted by Crippen LogP contribution is -2.16. The van der Waals surface area contributed by atoms with Gasteiger partial charge in [0, 0.05) is 16.7 Å². The van der Waals surface area contributed by atoms with Crippen molar-refractivity contribution in [1.29, 1.82) is 0 Å². The van der Waals surface area contributed by atoms with Gasteiger partial charge in [0.05, 0.1) is 10.4 Å². The summed E-state index contributed by atoms with van der Waals surface area (Å²) in [5, 5.41) is 0.878. The molecule has 5 nitrogen and oxygen atoms in total. The van der Waals surface area contributed by atoms with Gasteiger partial charge < -0.3 is 9.15 Å². The summed E-state index contributed by atoms with van der Waals surface area (Å²) < 4.78 is 10.3. The van der Waals surface area contributed by atoms with Crippen LogP contribution in [0.5, 0.6) is 0 Å². The van der Waals surface area contributed by atoms with Gasteiger partial charge in [-0.1, -0.05) is 35.3 Å². The summed E-state index contributed by atoms with van der Waals surface area (Å²) in [5.74, 6) is -1.73. The molecule has 0 aliphatic heterocycles. The summed E-state index contributed by atoms with van der Waals surface area (Å²) >= 11 is 11.8. The van der Waals surface area contributed by atoms with Crippen LogP contribution in [-0.4, -0.2) is 18.4 Å². The molecular formula is C18H10Cl2O5. The molecule has 0 radical (unpaired) electrons. The normalized spacial score (nSPS) is 10.6. The predicted molar refractivity (Wildman–Crippen MR) is 93.6 cm³/mol. The molecule has 0 N–H and O–H groups in total. The minimum Gasteiger partial charge on any atom is -0.451 e. The molecule has 0 atom stereocenters. The van der Waals surface area contributed by atoms with Crippen LogP contribution in [0.4, 0.5) is 0 Å². The number of hydrogen-bond acceptors (Lipinski definition) is 5. The number of halogens is 2. The standard InChI is InChI=1S/C18H10Cl2O5/c19-10-5-6-13(20)12(7-10)15(22)9-24-18(23)17-8-14(21)11-3-1-2-4-16(11)25-17/h1-8H,9H2. The zero-order valence-corrected chi connectivity index (χ0v) is 14.1. The van der Waals surface area contributed by atoms with E-state index in [2.05, 4.69) is 0 Å². The maximum absolute atomic E-state index is 12.1. The van der Waals surface area contributed by atoms with Gasteiger partial charge in [0.15, 0.2) is 12.0 Å². The van der Waals surface area contributed by atoms with Crippen molar-refractivity contribution in [3.63, 3.8) is 0 Å². The third-order valence-corrected chi connectivity index (χ3v) is 3.96. The third-order valence-electron chi connectivity index (χ3n) is 3.40. The van der Waals surface area contributed by atoms with E-state index in [1.54, 1.807) is 24.3 Å². The van der Waals surface area contributed by atoms with Gasteiger partial charge in [-0.3, -0.25) is 9.59 Å². The number of rotatable bonds is 4. The van der Waals surface area contributed by atoms with Crippen LogP contribution in [0.3, 0.4) is 0 Å². The van der Waals surface area contributed by atoms with Gasteiger partial charge in [0.25, 0.3) is 0 Å². The average molecular weight is 377 g/mol. The Hall–Kier alpha value is -2.63. The van der Waals surface area contributed by atoms with Crippen LogP contribution in [0.15, 0.2) is 57.7 Å². The van der Waals surface area contributed by atoms with Crippen LogP contribution in [0.2, 0.25) is 10.0 Å². The Morgan fingerprint density at radius 2 is 1.80 bits per heavy atom. The molecule has 0 spiro atoms. The molecule has 0 bridgehead atoms. The highest BCUT2D eigenvalue weighted by atomic mass is 35.5. The van der Waals surface area contributed by atoms with Gasteiger partial charge in [0.2, 0.25) is 11.5 Å². The molecule has 3 aromatic rings. The van der Waals surface area contributed by atoms with Gasteiger partial charge in [-0.25, -0.2) is 4.79 Å². The summed E-state index contributed by atoms with van der Waals surface area (Å²) in [5.41, 5.74) is 0.0195. The van der Waals surface area contributed by atoms with Gasteiger partial charge in [-0.15, -0.1) is 0 Å². The molecular weight excluding hydrogens is 367 g/mol. The number of esters is 1. The largest absolute Gasteiger partial charge is 0.451 e. The van der Waals surface area contributed by atoms with Crippen molar-refractivity contribution >= 4 is 45.9 Å². The molecule has 0 amide bonds. The lowest BCUT2D eigenvalue weighted by Gasteiger charge is -2.06. The van der Waals surface area contributed by atoms with Crippen LogP contribution in [0.25, 0.3) is 11.0 Å². The molecule has 7 heteroatoms. The van der Waals surface area contributed by atoms with E-state index in [-0.39, 0.29) is 27.4 Å². The van der Waals surface area contributed by atoms with E-state index >= 15 is 0 Å². The first-order valence-corrected chi connectivity index (χ1v) is 7.89. The molecule has 0 unspecified atom stereocenters. The van der Waals surface area contributed by atoms with Crippen LogP contribution < -0.4 is 5.43 Å². The van der Waals surface area contributed by atoms with Crippen molar-refractivity contribution in [1.82, 2.24) is 0 Å². The Labute approximate surface area is 151 Å². The number of Topliss-reactive ketones (excluding diaryl/α,β-unsaturated/α-hetero) is 1. The Morgan fingerprint density at radius 3 is 2.60 bits per heavy atom. The molecule has 1 aromatic heterocycles. The minimum absolute atomic E-state index is 0.141. The summed E-state index contributed by atoms with van der Waals surface area (Å²) in [6, 6.07) is 11.9. The topological polar surface area (TPSA) is 73.6 Å². The van der Waals surface area contributed by atoms with Crippen molar-refractivity contribution in [2.24, 2.45) is 0 Å². The lowest BCUT2D eigenvalue weighted by molar-refractivity contribution is 0.0444. The maximum atomic E-state index is 12.1. The first kappa shape index (κ1) is 17.2. The first-order chi connectivity index (χ1) is 12.0. The van der Waals surface area contributed by atoms with E-state index in [1.807, 2.05) is 0 Å². The third kappa shape index (κ3) is 3.73. The van der Waals surface area contributed by atoms with Crippen LogP contribution in [-0.2, 0) is 4.74 Å².